The third kappa shape index (κ3) is 2.56. The van der Waals surface area contributed by atoms with Gasteiger partial charge in [-0.05, 0) is 24.3 Å². The maximum atomic E-state index is 13.5. The van der Waals surface area contributed by atoms with E-state index in [-0.39, 0.29) is 0 Å². The zero-order valence-electron chi connectivity index (χ0n) is 9.15. The Balaban J connectivity index is 2.51. The first kappa shape index (κ1) is 13.1. The number of rotatable bonds is 2. The quantitative estimate of drug-likeness (QED) is 0.857. The molecule has 0 aliphatic carbocycles. The fourth-order valence-corrected chi connectivity index (χ4v) is 1.44. The Morgan fingerprint density at radius 3 is 2.47 bits per heavy atom. The molecule has 0 amide bonds. The van der Waals surface area contributed by atoms with E-state index in [2.05, 4.69) is 5.10 Å². The van der Waals surface area contributed by atoms with Gasteiger partial charge in [-0.1, -0.05) is 0 Å². The zero-order chi connectivity index (χ0) is 14.2. The molecule has 1 N–H and O–H groups in total. The molecular formula is C11H6F4N2O2. The SMILES string of the molecule is O=C(O)c1ccn(-c2cc(C(F)(F)F)ccc2F)n1. The number of alkyl halides is 3. The van der Waals surface area contributed by atoms with E-state index < -0.39 is 34.9 Å². The van der Waals surface area contributed by atoms with Crippen LogP contribution in [0.2, 0.25) is 0 Å². The standard InChI is InChI=1S/C11H6F4N2O2/c12-7-2-1-6(11(13,14)15)5-9(7)17-4-3-8(16-17)10(18)19/h1-5H,(H,18,19). The van der Waals surface area contributed by atoms with Crippen LogP contribution in [0.3, 0.4) is 0 Å². The predicted octanol–water partition coefficient (Wildman–Crippen LogP) is 2.73. The van der Waals surface area contributed by atoms with Crippen LogP contribution in [0, 0.1) is 5.82 Å². The Bertz CT molecular complexity index is 634. The van der Waals surface area contributed by atoms with Gasteiger partial charge in [0.15, 0.2) is 5.69 Å². The van der Waals surface area contributed by atoms with E-state index in [0.29, 0.717) is 18.2 Å². The van der Waals surface area contributed by atoms with Crippen LogP contribution in [-0.4, -0.2) is 20.9 Å². The molecule has 0 saturated heterocycles. The van der Waals surface area contributed by atoms with Crippen molar-refractivity contribution in [2.45, 2.75) is 6.18 Å². The summed E-state index contributed by atoms with van der Waals surface area (Å²) in [5, 5.41) is 12.1. The summed E-state index contributed by atoms with van der Waals surface area (Å²) in [4.78, 5) is 10.6. The van der Waals surface area contributed by atoms with Crippen LogP contribution in [0.25, 0.3) is 5.69 Å². The molecule has 0 spiro atoms. The van der Waals surface area contributed by atoms with Gasteiger partial charge in [-0.3, -0.25) is 0 Å². The van der Waals surface area contributed by atoms with Crippen LogP contribution in [0.5, 0.6) is 0 Å². The highest BCUT2D eigenvalue weighted by Crippen LogP contribution is 2.31. The number of carboxylic acids is 1. The first-order chi connectivity index (χ1) is 8.79. The Labute approximate surface area is 103 Å². The Hall–Kier alpha value is -2.38. The molecule has 0 aliphatic rings. The van der Waals surface area contributed by atoms with Crippen molar-refractivity contribution in [3.8, 4) is 5.69 Å². The molecule has 4 nitrogen and oxygen atoms in total. The highest BCUT2D eigenvalue weighted by Gasteiger charge is 2.31. The number of hydrogen-bond donors (Lipinski definition) is 1. The number of aromatic nitrogens is 2. The van der Waals surface area contributed by atoms with Crippen molar-refractivity contribution >= 4 is 5.97 Å². The summed E-state index contributed by atoms with van der Waals surface area (Å²) in [5.41, 5.74) is -1.91. The van der Waals surface area contributed by atoms with Gasteiger partial charge in [-0.15, -0.1) is 0 Å². The lowest BCUT2D eigenvalue weighted by atomic mass is 10.2. The van der Waals surface area contributed by atoms with E-state index in [1.807, 2.05) is 0 Å². The molecule has 8 heteroatoms. The van der Waals surface area contributed by atoms with Crippen molar-refractivity contribution in [1.82, 2.24) is 9.78 Å². The van der Waals surface area contributed by atoms with Gasteiger partial charge in [0.05, 0.1) is 5.56 Å². The topological polar surface area (TPSA) is 55.1 Å². The summed E-state index contributed by atoms with van der Waals surface area (Å²) >= 11 is 0. The van der Waals surface area contributed by atoms with Gasteiger partial charge in [0.25, 0.3) is 0 Å². The average molecular weight is 274 g/mol. The first-order valence-corrected chi connectivity index (χ1v) is 4.95. The van der Waals surface area contributed by atoms with E-state index in [1.54, 1.807) is 0 Å². The summed E-state index contributed by atoms with van der Waals surface area (Å²) in [5.74, 6) is -2.29. The van der Waals surface area contributed by atoms with Gasteiger partial charge < -0.3 is 5.11 Å². The number of carboxylic acid groups (broad SMARTS) is 1. The maximum Gasteiger partial charge on any atom is 0.416 e. The second-order valence-corrected chi connectivity index (χ2v) is 3.61. The largest absolute Gasteiger partial charge is 0.476 e. The van der Waals surface area contributed by atoms with Crippen molar-refractivity contribution in [2.75, 3.05) is 0 Å². The molecule has 100 valence electrons. The normalized spacial score (nSPS) is 11.6. The van der Waals surface area contributed by atoms with Crippen LogP contribution >= 0.6 is 0 Å². The van der Waals surface area contributed by atoms with Crippen molar-refractivity contribution in [1.29, 1.82) is 0 Å². The number of nitrogens with zero attached hydrogens (tertiary/aromatic N) is 2. The van der Waals surface area contributed by atoms with Crippen molar-refractivity contribution in [2.24, 2.45) is 0 Å². The predicted molar refractivity (Wildman–Crippen MR) is 55.5 cm³/mol. The lowest BCUT2D eigenvalue weighted by molar-refractivity contribution is -0.137. The summed E-state index contributed by atoms with van der Waals surface area (Å²) in [7, 11) is 0. The molecule has 0 fully saturated rings. The molecule has 19 heavy (non-hydrogen) atoms. The molecule has 2 rings (SSSR count). The fraction of sp³-hybridized carbons (Fsp3) is 0.0909. The first-order valence-electron chi connectivity index (χ1n) is 4.95. The molecular weight excluding hydrogens is 268 g/mol. The van der Waals surface area contributed by atoms with E-state index in [4.69, 9.17) is 5.11 Å². The monoisotopic (exact) mass is 274 g/mol. The van der Waals surface area contributed by atoms with Crippen LogP contribution < -0.4 is 0 Å². The molecule has 1 aromatic carbocycles. The van der Waals surface area contributed by atoms with Crippen molar-refractivity contribution in [3.05, 3.63) is 47.5 Å². The highest BCUT2D eigenvalue weighted by molar-refractivity contribution is 5.85. The van der Waals surface area contributed by atoms with Crippen LogP contribution in [0.1, 0.15) is 16.1 Å². The second-order valence-electron chi connectivity index (χ2n) is 3.61. The van der Waals surface area contributed by atoms with Gasteiger partial charge in [-0.2, -0.15) is 18.3 Å². The van der Waals surface area contributed by atoms with E-state index >= 15 is 0 Å². The molecule has 0 saturated carbocycles. The summed E-state index contributed by atoms with van der Waals surface area (Å²) < 4.78 is 51.7. The molecule has 0 atom stereocenters. The molecule has 1 aromatic heterocycles. The van der Waals surface area contributed by atoms with Crippen molar-refractivity contribution < 1.29 is 27.5 Å². The molecule has 2 aromatic rings. The number of benzene rings is 1. The van der Waals surface area contributed by atoms with Crippen LogP contribution in [0.15, 0.2) is 30.5 Å². The third-order valence-corrected chi connectivity index (χ3v) is 2.33. The third-order valence-electron chi connectivity index (χ3n) is 2.33. The molecule has 1 heterocycles. The summed E-state index contributed by atoms with van der Waals surface area (Å²) in [6.07, 6.45) is -3.55. The number of hydrogen-bond acceptors (Lipinski definition) is 2. The maximum absolute atomic E-state index is 13.5. The molecule has 0 unspecified atom stereocenters. The van der Waals surface area contributed by atoms with Gasteiger partial charge in [0, 0.05) is 6.20 Å². The molecule has 0 bridgehead atoms. The van der Waals surface area contributed by atoms with E-state index in [0.717, 1.165) is 16.9 Å². The highest BCUT2D eigenvalue weighted by atomic mass is 19.4. The van der Waals surface area contributed by atoms with Gasteiger partial charge in [-0.25, -0.2) is 13.9 Å². The van der Waals surface area contributed by atoms with Gasteiger partial charge in [0.2, 0.25) is 0 Å². The Morgan fingerprint density at radius 1 is 1.26 bits per heavy atom. The molecule has 0 radical (unpaired) electrons. The minimum Gasteiger partial charge on any atom is -0.476 e. The van der Waals surface area contributed by atoms with Gasteiger partial charge >= 0.3 is 12.1 Å². The summed E-state index contributed by atoms with van der Waals surface area (Å²) in [6.45, 7) is 0. The number of carbonyl (C=O) groups is 1. The minimum absolute atomic E-state index is 0.392. The average Bonchev–Trinajstić information content (AvgIpc) is 2.77. The van der Waals surface area contributed by atoms with Crippen LogP contribution in [0.4, 0.5) is 17.6 Å². The van der Waals surface area contributed by atoms with Crippen LogP contribution in [-0.2, 0) is 6.18 Å². The minimum atomic E-state index is -4.62. The Kier molecular flexibility index (Phi) is 3.01. The zero-order valence-corrected chi connectivity index (χ0v) is 9.15. The second kappa shape index (κ2) is 4.38. The van der Waals surface area contributed by atoms with E-state index in [1.165, 1.54) is 0 Å². The summed E-state index contributed by atoms with van der Waals surface area (Å²) in [6, 6.07) is 2.87. The van der Waals surface area contributed by atoms with E-state index in [9.17, 15) is 22.4 Å². The fourth-order valence-electron chi connectivity index (χ4n) is 1.44. The number of halogens is 4. The van der Waals surface area contributed by atoms with Gasteiger partial charge in [0.1, 0.15) is 11.5 Å². The smallest absolute Gasteiger partial charge is 0.416 e. The lowest BCUT2D eigenvalue weighted by Gasteiger charge is -2.09. The Morgan fingerprint density at radius 2 is 1.95 bits per heavy atom. The van der Waals surface area contributed by atoms with Crippen molar-refractivity contribution in [3.63, 3.8) is 0 Å². The number of aromatic carboxylic acids is 1. The molecule has 0 aliphatic heterocycles. The lowest BCUT2D eigenvalue weighted by Crippen LogP contribution is -2.08.